The Bertz CT molecular complexity index is 332. The number of hydrogen-bond acceptors (Lipinski definition) is 5. The van der Waals surface area contributed by atoms with Crippen molar-refractivity contribution in [3.05, 3.63) is 0 Å². The number of unbranched alkanes of at least 4 members (excludes halogenated alkanes) is 15. The van der Waals surface area contributed by atoms with Gasteiger partial charge in [0.25, 0.3) is 5.97 Å². The van der Waals surface area contributed by atoms with E-state index in [9.17, 15) is 15.3 Å². The van der Waals surface area contributed by atoms with E-state index in [1.54, 1.807) is 0 Å². The summed E-state index contributed by atoms with van der Waals surface area (Å²) in [5, 5.41) is 28.3. The van der Waals surface area contributed by atoms with Crippen molar-refractivity contribution in [3.63, 3.8) is 0 Å². The highest BCUT2D eigenvalue weighted by atomic mass is 19.0. The highest BCUT2D eigenvalue weighted by Crippen LogP contribution is 2.25. The fourth-order valence-corrected chi connectivity index (χ4v) is 3.71. The summed E-state index contributed by atoms with van der Waals surface area (Å²) >= 11 is 0. The molecule has 0 amide bonds. The molecule has 0 aromatic carbocycles. The molecule has 180 valence electrons. The van der Waals surface area contributed by atoms with Crippen molar-refractivity contribution in [3.8, 4) is 0 Å². The average Bonchev–Trinajstić information content (AvgIpc) is 2.60. The number of rotatable bonds is 20. The third-order valence-electron chi connectivity index (χ3n) is 5.73. The smallest absolute Gasteiger partial charge is 0.294 e. The van der Waals surface area contributed by atoms with Gasteiger partial charge in [-0.15, -0.1) is 0 Å². The lowest BCUT2D eigenvalue weighted by molar-refractivity contribution is -0.350. The Balaban J connectivity index is -0.00000338. The number of hydrogen-bond donors (Lipinski definition) is 5. The van der Waals surface area contributed by atoms with Gasteiger partial charge in [0.15, 0.2) is 0 Å². The first-order chi connectivity index (χ1) is 12.9. The van der Waals surface area contributed by atoms with E-state index in [4.69, 9.17) is 11.5 Å². The number of halogens is 2. The van der Waals surface area contributed by atoms with Gasteiger partial charge in [-0.05, 0) is 19.4 Å². The second-order valence-electron chi connectivity index (χ2n) is 8.38. The minimum atomic E-state index is -2.86. The zero-order valence-electron chi connectivity index (χ0n) is 18.7. The molecule has 0 bridgehead atoms. The molecule has 0 heterocycles. The van der Waals surface area contributed by atoms with E-state index in [-0.39, 0.29) is 22.4 Å². The monoisotopic (exact) mass is 428 g/mol. The first kappa shape index (κ1) is 33.3. The van der Waals surface area contributed by atoms with Crippen molar-refractivity contribution in [2.24, 2.45) is 11.5 Å². The van der Waals surface area contributed by atoms with E-state index in [1.807, 2.05) is 0 Å². The molecule has 0 aliphatic carbocycles. The standard InChI is InChI=1S/C22H48N2O3.2FH/c1-2-3-4-5-6-7-8-9-10-11-12-13-14-15-16-17-18-21(24,19-20-23)22(25,26)27;;/h25-27H,2-20,23-24H2,1H3;2*1H. The molecule has 0 saturated carbocycles. The second kappa shape index (κ2) is 20.9. The van der Waals surface area contributed by atoms with Crippen LogP contribution in [0.2, 0.25) is 0 Å². The zero-order chi connectivity index (χ0) is 20.4. The summed E-state index contributed by atoms with van der Waals surface area (Å²) in [6, 6.07) is 0. The highest BCUT2D eigenvalue weighted by Gasteiger charge is 2.44. The molecule has 0 radical (unpaired) electrons. The van der Waals surface area contributed by atoms with Gasteiger partial charge in [-0.25, -0.2) is 0 Å². The maximum Gasteiger partial charge on any atom is 0.294 e. The lowest BCUT2D eigenvalue weighted by atomic mass is 9.87. The molecule has 5 nitrogen and oxygen atoms in total. The average molecular weight is 429 g/mol. The van der Waals surface area contributed by atoms with E-state index in [0.717, 1.165) is 19.3 Å². The topological polar surface area (TPSA) is 113 Å². The van der Waals surface area contributed by atoms with Gasteiger partial charge in [-0.3, -0.25) is 9.41 Å². The van der Waals surface area contributed by atoms with E-state index >= 15 is 0 Å². The molecule has 7 heteroatoms. The molecule has 0 saturated heterocycles. The van der Waals surface area contributed by atoms with Crippen molar-refractivity contribution in [2.75, 3.05) is 6.54 Å². The van der Waals surface area contributed by atoms with Crippen molar-refractivity contribution < 1.29 is 24.7 Å². The summed E-state index contributed by atoms with van der Waals surface area (Å²) in [7, 11) is 0. The van der Waals surface area contributed by atoms with Gasteiger partial charge in [-0.1, -0.05) is 110 Å². The Morgan fingerprint density at radius 1 is 0.552 bits per heavy atom. The van der Waals surface area contributed by atoms with Crippen LogP contribution in [-0.4, -0.2) is 33.4 Å². The summed E-state index contributed by atoms with van der Waals surface area (Å²) in [6.07, 6.45) is 21.2. The molecule has 0 rings (SSSR count). The normalized spacial score (nSPS) is 13.4. The third-order valence-corrected chi connectivity index (χ3v) is 5.73. The Kier molecular flexibility index (Phi) is 24.0. The Morgan fingerprint density at radius 3 is 1.14 bits per heavy atom. The van der Waals surface area contributed by atoms with Crippen molar-refractivity contribution >= 4 is 0 Å². The summed E-state index contributed by atoms with van der Waals surface area (Å²) < 4.78 is 0. The van der Waals surface area contributed by atoms with Crippen LogP contribution >= 0.6 is 0 Å². The minimum Gasteiger partial charge on any atom is -0.342 e. The minimum absolute atomic E-state index is 0. The summed E-state index contributed by atoms with van der Waals surface area (Å²) in [5.41, 5.74) is 9.94. The van der Waals surface area contributed by atoms with Crippen LogP contribution in [-0.2, 0) is 0 Å². The fourth-order valence-electron chi connectivity index (χ4n) is 3.71. The molecule has 0 aliphatic heterocycles. The molecule has 0 aromatic rings. The molecular weight excluding hydrogens is 378 g/mol. The molecular formula is C22H50F2N2O3. The Hall–Kier alpha value is -0.340. The molecule has 7 N–H and O–H groups in total. The highest BCUT2D eigenvalue weighted by molar-refractivity contribution is 4.90. The van der Waals surface area contributed by atoms with E-state index in [1.165, 1.54) is 83.5 Å². The summed E-state index contributed by atoms with van der Waals surface area (Å²) in [5.74, 6) is -2.86. The van der Waals surface area contributed by atoms with Gasteiger partial charge < -0.3 is 26.8 Å². The predicted octanol–water partition coefficient (Wildman–Crippen LogP) is 4.62. The quantitative estimate of drug-likeness (QED) is 0.143. The molecule has 0 aromatic heterocycles. The van der Waals surface area contributed by atoms with Gasteiger partial charge >= 0.3 is 0 Å². The third kappa shape index (κ3) is 18.2. The Labute approximate surface area is 177 Å². The lowest BCUT2D eigenvalue weighted by Crippen LogP contribution is -2.61. The van der Waals surface area contributed by atoms with Gasteiger partial charge in [-0.2, -0.15) is 0 Å². The summed E-state index contributed by atoms with van der Waals surface area (Å²) in [6.45, 7) is 2.49. The van der Waals surface area contributed by atoms with Crippen LogP contribution in [0.15, 0.2) is 0 Å². The molecule has 0 spiro atoms. The summed E-state index contributed by atoms with van der Waals surface area (Å²) in [4.78, 5) is 0. The number of aliphatic hydroxyl groups is 3. The Morgan fingerprint density at radius 2 is 0.862 bits per heavy atom. The van der Waals surface area contributed by atoms with E-state index < -0.39 is 11.5 Å². The van der Waals surface area contributed by atoms with Gasteiger partial charge in [0, 0.05) is 0 Å². The van der Waals surface area contributed by atoms with Crippen LogP contribution in [0.25, 0.3) is 0 Å². The number of nitrogens with two attached hydrogens (primary N) is 2. The first-order valence-corrected chi connectivity index (χ1v) is 11.5. The van der Waals surface area contributed by atoms with Crippen LogP contribution in [0.3, 0.4) is 0 Å². The van der Waals surface area contributed by atoms with Gasteiger partial charge in [0.2, 0.25) is 0 Å². The fraction of sp³-hybridized carbons (Fsp3) is 1.00. The second-order valence-corrected chi connectivity index (χ2v) is 8.38. The van der Waals surface area contributed by atoms with Gasteiger partial charge in [0.05, 0.1) is 5.54 Å². The van der Waals surface area contributed by atoms with Crippen molar-refractivity contribution in [2.45, 2.75) is 134 Å². The first-order valence-electron chi connectivity index (χ1n) is 11.5. The van der Waals surface area contributed by atoms with Crippen LogP contribution in [0.1, 0.15) is 122 Å². The van der Waals surface area contributed by atoms with E-state index in [2.05, 4.69) is 6.92 Å². The maximum absolute atomic E-state index is 9.42. The largest absolute Gasteiger partial charge is 0.342 e. The molecule has 1 atom stereocenters. The van der Waals surface area contributed by atoms with Crippen LogP contribution in [0.5, 0.6) is 0 Å². The molecule has 0 aliphatic rings. The molecule has 0 fully saturated rings. The van der Waals surface area contributed by atoms with Gasteiger partial charge in [0.1, 0.15) is 0 Å². The molecule has 1 unspecified atom stereocenters. The SMILES string of the molecule is CCCCCCCCCCCCCCCCCCC(N)(CCN)C(O)(O)O.F.F. The maximum atomic E-state index is 9.42. The van der Waals surface area contributed by atoms with E-state index in [0.29, 0.717) is 6.42 Å². The van der Waals surface area contributed by atoms with Crippen LogP contribution in [0, 0.1) is 0 Å². The van der Waals surface area contributed by atoms with Crippen molar-refractivity contribution in [1.82, 2.24) is 0 Å². The zero-order valence-corrected chi connectivity index (χ0v) is 18.7. The lowest BCUT2D eigenvalue weighted by Gasteiger charge is -2.36. The molecule has 29 heavy (non-hydrogen) atoms. The van der Waals surface area contributed by atoms with Crippen molar-refractivity contribution in [1.29, 1.82) is 0 Å². The van der Waals surface area contributed by atoms with Crippen LogP contribution in [0.4, 0.5) is 9.41 Å². The van der Waals surface area contributed by atoms with Crippen LogP contribution < -0.4 is 11.5 Å². The predicted molar refractivity (Wildman–Crippen MR) is 119 cm³/mol.